The summed E-state index contributed by atoms with van der Waals surface area (Å²) in [5, 5.41) is 3.63. The number of amides is 2. The third kappa shape index (κ3) is 3.02. The third-order valence-corrected chi connectivity index (χ3v) is 4.26. The molecule has 0 radical (unpaired) electrons. The van der Waals surface area contributed by atoms with Gasteiger partial charge in [0.05, 0.1) is 5.57 Å². The molecule has 0 atom stereocenters. The van der Waals surface area contributed by atoms with Crippen LogP contribution in [0.4, 0.5) is 5.69 Å². The quantitative estimate of drug-likeness (QED) is 0.807. The molecular formula is C17H12BrClN2O2. The molecule has 1 aliphatic heterocycles. The Kier molecular flexibility index (Phi) is 4.24. The lowest BCUT2D eigenvalue weighted by atomic mass is 10.0. The van der Waals surface area contributed by atoms with Gasteiger partial charge < -0.3 is 5.32 Å². The van der Waals surface area contributed by atoms with Crippen LogP contribution in [-0.4, -0.2) is 23.8 Å². The third-order valence-electron chi connectivity index (χ3n) is 3.51. The van der Waals surface area contributed by atoms with E-state index in [1.807, 2.05) is 24.3 Å². The SMILES string of the molecule is CN1C(=O)C(Nc2cccc(Br)c2)=C(c2ccc(Cl)cc2)C1=O. The average Bonchev–Trinajstić information content (AvgIpc) is 2.73. The fourth-order valence-electron chi connectivity index (χ4n) is 2.35. The molecule has 6 heteroatoms. The summed E-state index contributed by atoms with van der Waals surface area (Å²) in [6.07, 6.45) is 0. The van der Waals surface area contributed by atoms with Gasteiger partial charge in [-0.1, -0.05) is 45.7 Å². The predicted octanol–water partition coefficient (Wildman–Crippen LogP) is 3.92. The first-order valence-corrected chi connectivity index (χ1v) is 7.99. The van der Waals surface area contributed by atoms with E-state index in [0.717, 1.165) is 15.1 Å². The Morgan fingerprint density at radius 1 is 1.04 bits per heavy atom. The monoisotopic (exact) mass is 390 g/mol. The molecule has 0 bridgehead atoms. The number of anilines is 1. The van der Waals surface area contributed by atoms with Crippen LogP contribution in [0.3, 0.4) is 0 Å². The van der Waals surface area contributed by atoms with E-state index in [1.54, 1.807) is 24.3 Å². The van der Waals surface area contributed by atoms with Crippen molar-refractivity contribution in [3.05, 3.63) is 69.3 Å². The van der Waals surface area contributed by atoms with Gasteiger partial charge in [-0.15, -0.1) is 0 Å². The molecule has 1 heterocycles. The van der Waals surface area contributed by atoms with Crippen LogP contribution in [0, 0.1) is 0 Å². The van der Waals surface area contributed by atoms with Crippen molar-refractivity contribution >= 4 is 50.6 Å². The molecule has 0 fully saturated rings. The Bertz CT molecular complexity index is 831. The number of carbonyl (C=O) groups is 2. The van der Waals surface area contributed by atoms with Crippen molar-refractivity contribution < 1.29 is 9.59 Å². The lowest BCUT2D eigenvalue weighted by Gasteiger charge is -2.09. The van der Waals surface area contributed by atoms with E-state index in [0.29, 0.717) is 16.2 Å². The molecule has 0 saturated carbocycles. The van der Waals surface area contributed by atoms with Crippen LogP contribution in [0.25, 0.3) is 5.57 Å². The van der Waals surface area contributed by atoms with Gasteiger partial charge in [-0.2, -0.15) is 0 Å². The molecule has 0 aromatic heterocycles. The van der Waals surface area contributed by atoms with Gasteiger partial charge >= 0.3 is 0 Å². The Morgan fingerprint density at radius 2 is 1.74 bits per heavy atom. The van der Waals surface area contributed by atoms with Crippen molar-refractivity contribution in [1.29, 1.82) is 0 Å². The van der Waals surface area contributed by atoms with Crippen LogP contribution in [0.15, 0.2) is 58.7 Å². The molecule has 0 unspecified atom stereocenters. The molecule has 2 aromatic rings. The van der Waals surface area contributed by atoms with Gasteiger partial charge in [-0.3, -0.25) is 14.5 Å². The second-order valence-corrected chi connectivity index (χ2v) is 6.41. The summed E-state index contributed by atoms with van der Waals surface area (Å²) in [5.41, 5.74) is 1.97. The van der Waals surface area contributed by atoms with Crippen LogP contribution < -0.4 is 5.32 Å². The number of rotatable bonds is 3. The minimum atomic E-state index is -0.361. The van der Waals surface area contributed by atoms with Gasteiger partial charge in [0.2, 0.25) is 0 Å². The van der Waals surface area contributed by atoms with E-state index >= 15 is 0 Å². The number of hydrogen-bond donors (Lipinski definition) is 1. The normalized spacial score (nSPS) is 14.7. The Morgan fingerprint density at radius 3 is 2.39 bits per heavy atom. The molecule has 1 N–H and O–H groups in total. The molecule has 1 aliphatic rings. The van der Waals surface area contributed by atoms with Crippen molar-refractivity contribution in [1.82, 2.24) is 4.90 Å². The van der Waals surface area contributed by atoms with E-state index in [2.05, 4.69) is 21.2 Å². The zero-order valence-electron chi connectivity index (χ0n) is 12.1. The number of likely N-dealkylation sites (N-methyl/N-ethyl adjacent to an activating group) is 1. The summed E-state index contributed by atoms with van der Waals surface area (Å²) in [6.45, 7) is 0. The Balaban J connectivity index is 2.08. The van der Waals surface area contributed by atoms with E-state index in [9.17, 15) is 9.59 Å². The lowest BCUT2D eigenvalue weighted by Crippen LogP contribution is -2.27. The largest absolute Gasteiger partial charge is 0.350 e. The van der Waals surface area contributed by atoms with Crippen molar-refractivity contribution in [3.63, 3.8) is 0 Å². The molecular weight excluding hydrogens is 380 g/mol. The van der Waals surface area contributed by atoms with E-state index in [1.165, 1.54) is 7.05 Å². The van der Waals surface area contributed by atoms with Crippen molar-refractivity contribution in [2.24, 2.45) is 0 Å². The van der Waals surface area contributed by atoms with Crippen LogP contribution in [-0.2, 0) is 9.59 Å². The Labute approximate surface area is 146 Å². The summed E-state index contributed by atoms with van der Waals surface area (Å²) in [5.74, 6) is -0.699. The second kappa shape index (κ2) is 6.18. The van der Waals surface area contributed by atoms with Crippen LogP contribution in [0.2, 0.25) is 5.02 Å². The van der Waals surface area contributed by atoms with Gasteiger partial charge in [0.15, 0.2) is 0 Å². The second-order valence-electron chi connectivity index (χ2n) is 5.06. The molecule has 0 aliphatic carbocycles. The summed E-state index contributed by atoms with van der Waals surface area (Å²) in [6, 6.07) is 14.2. The molecule has 3 rings (SSSR count). The van der Waals surface area contributed by atoms with E-state index in [-0.39, 0.29) is 17.5 Å². The van der Waals surface area contributed by atoms with Gasteiger partial charge in [-0.25, -0.2) is 0 Å². The summed E-state index contributed by atoms with van der Waals surface area (Å²) in [4.78, 5) is 25.9. The molecule has 0 saturated heterocycles. The van der Waals surface area contributed by atoms with E-state index < -0.39 is 0 Å². The highest BCUT2D eigenvalue weighted by Crippen LogP contribution is 2.30. The molecule has 4 nitrogen and oxygen atoms in total. The number of nitrogens with one attached hydrogen (secondary N) is 1. The topological polar surface area (TPSA) is 49.4 Å². The first kappa shape index (κ1) is 15.8. The number of halogens is 2. The highest BCUT2D eigenvalue weighted by atomic mass is 79.9. The minimum Gasteiger partial charge on any atom is -0.350 e. The minimum absolute atomic E-state index is 0.262. The van der Waals surface area contributed by atoms with Gasteiger partial charge in [-0.05, 0) is 35.9 Å². The van der Waals surface area contributed by atoms with Crippen molar-refractivity contribution in [2.75, 3.05) is 12.4 Å². The predicted molar refractivity (Wildman–Crippen MR) is 93.9 cm³/mol. The number of imide groups is 1. The maximum Gasteiger partial charge on any atom is 0.277 e. The van der Waals surface area contributed by atoms with E-state index in [4.69, 9.17) is 11.6 Å². The number of nitrogens with zero attached hydrogens (tertiary/aromatic N) is 1. The number of hydrogen-bond acceptors (Lipinski definition) is 3. The Hall–Kier alpha value is -2.11. The fraction of sp³-hybridized carbons (Fsp3) is 0.0588. The lowest BCUT2D eigenvalue weighted by molar-refractivity contribution is -0.135. The van der Waals surface area contributed by atoms with Gasteiger partial charge in [0, 0.05) is 22.2 Å². The molecule has 0 spiro atoms. The maximum absolute atomic E-state index is 12.4. The first-order valence-electron chi connectivity index (χ1n) is 6.82. The van der Waals surface area contributed by atoms with Crippen molar-refractivity contribution in [2.45, 2.75) is 0 Å². The van der Waals surface area contributed by atoms with Crippen molar-refractivity contribution in [3.8, 4) is 0 Å². The fourth-order valence-corrected chi connectivity index (χ4v) is 2.88. The highest BCUT2D eigenvalue weighted by Gasteiger charge is 2.36. The standard InChI is InChI=1S/C17H12BrClN2O2/c1-21-16(22)14(10-5-7-12(19)8-6-10)15(17(21)23)20-13-4-2-3-11(18)9-13/h2-9,20H,1H3. The zero-order valence-corrected chi connectivity index (χ0v) is 14.5. The first-order chi connectivity index (χ1) is 11.0. The zero-order chi connectivity index (χ0) is 16.6. The highest BCUT2D eigenvalue weighted by molar-refractivity contribution is 9.10. The molecule has 116 valence electrons. The van der Waals surface area contributed by atoms with Gasteiger partial charge in [0.1, 0.15) is 5.70 Å². The average molecular weight is 392 g/mol. The van der Waals surface area contributed by atoms with Crippen LogP contribution >= 0.6 is 27.5 Å². The summed E-state index contributed by atoms with van der Waals surface area (Å²) >= 11 is 9.28. The number of benzene rings is 2. The molecule has 2 aromatic carbocycles. The summed E-state index contributed by atoms with van der Waals surface area (Å²) < 4.78 is 0.876. The van der Waals surface area contributed by atoms with Crippen LogP contribution in [0.1, 0.15) is 5.56 Å². The smallest absolute Gasteiger partial charge is 0.277 e. The molecule has 23 heavy (non-hydrogen) atoms. The van der Waals surface area contributed by atoms with Crippen LogP contribution in [0.5, 0.6) is 0 Å². The molecule has 2 amide bonds. The summed E-state index contributed by atoms with van der Waals surface area (Å²) in [7, 11) is 1.47. The van der Waals surface area contributed by atoms with Gasteiger partial charge in [0.25, 0.3) is 11.8 Å². The maximum atomic E-state index is 12.4. The number of carbonyl (C=O) groups excluding carboxylic acids is 2.